The number of aromatic nitrogens is 1. The fourth-order valence-electron chi connectivity index (χ4n) is 4.52. The Morgan fingerprint density at radius 1 is 1.07 bits per heavy atom. The van der Waals surface area contributed by atoms with Crippen LogP contribution in [0.25, 0.3) is 22.2 Å². The van der Waals surface area contributed by atoms with E-state index in [0.29, 0.717) is 6.04 Å². The zero-order chi connectivity index (χ0) is 19.7. The molecule has 1 aromatic heterocycles. The molecule has 0 spiro atoms. The van der Waals surface area contributed by atoms with Crippen LogP contribution in [0.15, 0.2) is 36.4 Å². The molecule has 2 aromatic carbocycles. The Morgan fingerprint density at radius 3 is 2.54 bits per heavy atom. The van der Waals surface area contributed by atoms with Gasteiger partial charge in [-0.15, -0.1) is 0 Å². The van der Waals surface area contributed by atoms with E-state index in [1.807, 2.05) is 18.2 Å². The summed E-state index contributed by atoms with van der Waals surface area (Å²) in [6.45, 7) is 2.23. The molecule has 0 saturated heterocycles. The first-order chi connectivity index (χ1) is 13.7. The Bertz CT molecular complexity index is 1020. The number of benzene rings is 2. The Labute approximate surface area is 166 Å². The van der Waals surface area contributed by atoms with Crippen LogP contribution in [0.2, 0.25) is 0 Å². The van der Waals surface area contributed by atoms with E-state index in [1.165, 1.54) is 24.8 Å². The zero-order valence-electron chi connectivity index (χ0n) is 16.8. The number of methoxy groups -OCH3 is 2. The van der Waals surface area contributed by atoms with Gasteiger partial charge in [0.05, 0.1) is 25.4 Å². The summed E-state index contributed by atoms with van der Waals surface area (Å²) in [4.78, 5) is 12.1. The first kappa shape index (κ1) is 18.6. The van der Waals surface area contributed by atoms with Gasteiger partial charge in [0.1, 0.15) is 11.5 Å². The summed E-state index contributed by atoms with van der Waals surface area (Å²) in [6.07, 6.45) is 6.64. The highest BCUT2D eigenvalue weighted by Gasteiger charge is 2.30. The van der Waals surface area contributed by atoms with Crippen LogP contribution >= 0.6 is 0 Å². The van der Waals surface area contributed by atoms with Gasteiger partial charge < -0.3 is 14.0 Å². The van der Waals surface area contributed by atoms with Crippen molar-refractivity contribution in [3.63, 3.8) is 0 Å². The molecule has 1 aliphatic rings. The van der Waals surface area contributed by atoms with Gasteiger partial charge in [0.25, 0.3) is 0 Å². The van der Waals surface area contributed by atoms with Crippen LogP contribution in [-0.2, 0) is 6.42 Å². The van der Waals surface area contributed by atoms with Crippen LogP contribution in [-0.4, -0.2) is 25.1 Å². The van der Waals surface area contributed by atoms with Crippen LogP contribution in [0.5, 0.6) is 11.5 Å². The van der Waals surface area contributed by atoms with Crippen LogP contribution in [0, 0.1) is 0 Å². The summed E-state index contributed by atoms with van der Waals surface area (Å²) in [5.74, 6) is 1.68. The molecule has 0 fully saturated rings. The number of aldehydes is 1. The topological polar surface area (TPSA) is 40.5 Å². The smallest absolute Gasteiger partial charge is 0.152 e. The van der Waals surface area contributed by atoms with Crippen molar-refractivity contribution >= 4 is 17.2 Å². The number of ether oxygens (including phenoxy) is 2. The van der Waals surface area contributed by atoms with Gasteiger partial charge in [0.2, 0.25) is 0 Å². The van der Waals surface area contributed by atoms with Crippen molar-refractivity contribution in [3.05, 3.63) is 47.5 Å². The first-order valence-electron chi connectivity index (χ1n) is 10.1. The molecule has 0 saturated carbocycles. The summed E-state index contributed by atoms with van der Waals surface area (Å²) in [7, 11) is 3.38. The molecule has 1 atom stereocenters. The fraction of sp³-hybridized carbons (Fsp3) is 0.375. The monoisotopic (exact) mass is 377 g/mol. The summed E-state index contributed by atoms with van der Waals surface area (Å²) in [5.41, 5.74) is 5.27. The normalized spacial score (nSPS) is 15.2. The Kier molecular flexibility index (Phi) is 5.12. The lowest BCUT2D eigenvalue weighted by atomic mass is 9.90. The van der Waals surface area contributed by atoms with Gasteiger partial charge in [-0.3, -0.25) is 4.79 Å². The van der Waals surface area contributed by atoms with Crippen LogP contribution in [0.1, 0.15) is 54.6 Å². The molecule has 146 valence electrons. The van der Waals surface area contributed by atoms with E-state index in [2.05, 4.69) is 29.7 Å². The third kappa shape index (κ3) is 2.97. The molecule has 0 radical (unpaired) electrons. The van der Waals surface area contributed by atoms with E-state index >= 15 is 0 Å². The first-order valence-corrected chi connectivity index (χ1v) is 10.1. The second kappa shape index (κ2) is 7.70. The molecule has 0 N–H and O–H groups in total. The lowest BCUT2D eigenvalue weighted by molar-refractivity contribution is 0.112. The number of nitrogens with zero attached hydrogens (tertiary/aromatic N) is 1. The fourth-order valence-corrected chi connectivity index (χ4v) is 4.52. The van der Waals surface area contributed by atoms with Gasteiger partial charge in [0.15, 0.2) is 6.29 Å². The van der Waals surface area contributed by atoms with Gasteiger partial charge in [-0.05, 0) is 48.7 Å². The third-order valence-electron chi connectivity index (χ3n) is 5.90. The number of fused-ring (bicyclic) bond motifs is 5. The quantitative estimate of drug-likeness (QED) is 0.385. The maximum Gasteiger partial charge on any atom is 0.152 e. The predicted molar refractivity (Wildman–Crippen MR) is 113 cm³/mol. The van der Waals surface area contributed by atoms with Crippen molar-refractivity contribution in [2.75, 3.05) is 14.2 Å². The van der Waals surface area contributed by atoms with Gasteiger partial charge in [-0.2, -0.15) is 0 Å². The highest BCUT2D eigenvalue weighted by Crippen LogP contribution is 2.45. The minimum absolute atomic E-state index is 0.324. The van der Waals surface area contributed by atoms with Gasteiger partial charge >= 0.3 is 0 Å². The van der Waals surface area contributed by atoms with Crippen molar-refractivity contribution in [1.29, 1.82) is 0 Å². The molecule has 0 aliphatic carbocycles. The lowest BCUT2D eigenvalue weighted by Gasteiger charge is -2.30. The van der Waals surface area contributed by atoms with E-state index in [9.17, 15) is 4.79 Å². The Morgan fingerprint density at radius 2 is 1.82 bits per heavy atom. The molecule has 4 nitrogen and oxygen atoms in total. The van der Waals surface area contributed by atoms with Crippen LogP contribution in [0.3, 0.4) is 0 Å². The standard InChI is InChI=1S/C24H27NO3/c1-4-5-6-7-17-12-16-13-18(27-2)8-10-20(16)24-22(15-26)21-11-9-19(28-3)14-23(21)25(17)24/h8-11,13-15,17H,4-7,12H2,1-3H3. The third-order valence-corrected chi connectivity index (χ3v) is 5.90. The number of rotatable bonds is 7. The molecular formula is C24H27NO3. The van der Waals surface area contributed by atoms with E-state index in [-0.39, 0.29) is 0 Å². The van der Waals surface area contributed by atoms with Crippen molar-refractivity contribution < 1.29 is 14.3 Å². The number of hydrogen-bond donors (Lipinski definition) is 0. The largest absolute Gasteiger partial charge is 0.497 e. The number of hydrogen-bond acceptors (Lipinski definition) is 3. The summed E-state index contributed by atoms with van der Waals surface area (Å²) in [5, 5.41) is 0.995. The Hall–Kier alpha value is -2.75. The predicted octanol–water partition coefficient (Wildman–Crippen LogP) is 5.82. The molecule has 1 unspecified atom stereocenters. The molecule has 0 amide bonds. The average molecular weight is 377 g/mol. The molecule has 3 aromatic rings. The summed E-state index contributed by atoms with van der Waals surface area (Å²) < 4.78 is 13.3. The van der Waals surface area contributed by atoms with E-state index in [1.54, 1.807) is 14.2 Å². The molecule has 4 heteroatoms. The number of carbonyl (C=O) groups is 1. The minimum atomic E-state index is 0.324. The van der Waals surface area contributed by atoms with Crippen molar-refractivity contribution in [3.8, 4) is 22.8 Å². The van der Waals surface area contributed by atoms with Crippen LogP contribution < -0.4 is 9.47 Å². The van der Waals surface area contributed by atoms with Gasteiger partial charge in [-0.1, -0.05) is 26.2 Å². The van der Waals surface area contributed by atoms with Gasteiger partial charge in [0, 0.05) is 28.6 Å². The lowest BCUT2D eigenvalue weighted by Crippen LogP contribution is -2.19. The molecule has 0 bridgehead atoms. The summed E-state index contributed by atoms with van der Waals surface area (Å²) >= 11 is 0. The molecule has 4 rings (SSSR count). The average Bonchev–Trinajstić information content (AvgIpc) is 3.07. The molecule has 1 aliphatic heterocycles. The van der Waals surface area contributed by atoms with E-state index < -0.39 is 0 Å². The van der Waals surface area contributed by atoms with Crippen molar-refractivity contribution in [1.82, 2.24) is 4.57 Å². The van der Waals surface area contributed by atoms with E-state index in [0.717, 1.165) is 58.4 Å². The van der Waals surface area contributed by atoms with E-state index in [4.69, 9.17) is 9.47 Å². The number of unbranched alkanes of at least 4 members (excludes halogenated alkanes) is 2. The molecule has 2 heterocycles. The van der Waals surface area contributed by atoms with Crippen molar-refractivity contribution in [2.24, 2.45) is 0 Å². The van der Waals surface area contributed by atoms with Gasteiger partial charge in [-0.25, -0.2) is 0 Å². The zero-order valence-corrected chi connectivity index (χ0v) is 16.8. The summed E-state index contributed by atoms with van der Waals surface area (Å²) in [6, 6.07) is 12.5. The highest BCUT2D eigenvalue weighted by molar-refractivity contribution is 6.06. The maximum absolute atomic E-state index is 12.1. The molecular weight excluding hydrogens is 350 g/mol. The second-order valence-electron chi connectivity index (χ2n) is 7.51. The van der Waals surface area contributed by atoms with Crippen molar-refractivity contribution in [2.45, 2.75) is 45.1 Å². The number of carbonyl (C=O) groups excluding carboxylic acids is 1. The van der Waals surface area contributed by atoms with Crippen LogP contribution in [0.4, 0.5) is 0 Å². The Balaban J connectivity index is 1.97. The SMILES string of the molecule is CCCCCC1Cc2cc(OC)ccc2-c2c(C=O)c3ccc(OC)cc3n21. The maximum atomic E-state index is 12.1. The highest BCUT2D eigenvalue weighted by atomic mass is 16.5. The molecule has 28 heavy (non-hydrogen) atoms. The minimum Gasteiger partial charge on any atom is -0.497 e. The second-order valence-corrected chi connectivity index (χ2v) is 7.51.